The van der Waals surface area contributed by atoms with Gasteiger partial charge in [0, 0.05) is 6.42 Å². The summed E-state index contributed by atoms with van der Waals surface area (Å²) in [5.74, 6) is -0.213. The molecule has 0 bridgehead atoms. The summed E-state index contributed by atoms with van der Waals surface area (Å²) in [6.07, 6.45) is 41.9. The van der Waals surface area contributed by atoms with Crippen LogP contribution < -0.4 is 10.2 Å². The molecule has 1 amide bonds. The lowest BCUT2D eigenvalue weighted by molar-refractivity contribution is -0.870. The standard InChI is InChI=1S/C43H83N2O6P/c1-6-8-10-12-14-16-18-20-21-22-23-24-25-26-28-30-32-34-36-42(46)41(40-51-52(48,49)50-39-38-45(3,4)5)44-43(47)37-35-33-31-29-27-19-17-15-13-11-9-7-2/h22-23,26,28,34,36,41-42,46H,6-21,24-25,27,29-33,35,37-40H2,1-5H3,(H-,44,47,48,49)/b23-22+,28-26+,36-34+. The lowest BCUT2D eigenvalue weighted by Gasteiger charge is -2.29. The molecule has 0 aliphatic rings. The van der Waals surface area contributed by atoms with Gasteiger partial charge in [-0.1, -0.05) is 166 Å². The van der Waals surface area contributed by atoms with E-state index in [-0.39, 0.29) is 12.5 Å². The fraction of sp³-hybridized carbons (Fsp3) is 0.837. The van der Waals surface area contributed by atoms with Gasteiger partial charge in [0.05, 0.1) is 39.9 Å². The highest BCUT2D eigenvalue weighted by Crippen LogP contribution is 2.38. The number of rotatable bonds is 38. The van der Waals surface area contributed by atoms with Crippen molar-refractivity contribution < 1.29 is 32.9 Å². The smallest absolute Gasteiger partial charge is 0.268 e. The Kier molecular flexibility index (Phi) is 34.6. The molecule has 306 valence electrons. The normalized spacial score (nSPS) is 14.8. The number of nitrogens with one attached hydrogen (secondary N) is 1. The predicted octanol–water partition coefficient (Wildman–Crippen LogP) is 10.9. The summed E-state index contributed by atoms with van der Waals surface area (Å²) in [4.78, 5) is 25.2. The predicted molar refractivity (Wildman–Crippen MR) is 219 cm³/mol. The van der Waals surface area contributed by atoms with E-state index in [0.29, 0.717) is 17.4 Å². The summed E-state index contributed by atoms with van der Waals surface area (Å²) in [5.41, 5.74) is 0. The second-order valence-corrected chi connectivity index (χ2v) is 17.1. The van der Waals surface area contributed by atoms with E-state index >= 15 is 0 Å². The minimum absolute atomic E-state index is 0.00810. The molecule has 8 nitrogen and oxygen atoms in total. The molecule has 2 N–H and O–H groups in total. The van der Waals surface area contributed by atoms with Gasteiger partial charge in [0.25, 0.3) is 7.82 Å². The maximum Gasteiger partial charge on any atom is 0.268 e. The monoisotopic (exact) mass is 755 g/mol. The zero-order valence-corrected chi connectivity index (χ0v) is 35.4. The lowest BCUT2D eigenvalue weighted by atomic mass is 10.0. The summed E-state index contributed by atoms with van der Waals surface area (Å²) in [7, 11) is 1.23. The molecule has 0 heterocycles. The highest BCUT2D eigenvalue weighted by Gasteiger charge is 2.23. The van der Waals surface area contributed by atoms with Crippen LogP contribution in [0.2, 0.25) is 0 Å². The number of allylic oxidation sites excluding steroid dienone is 5. The molecule has 0 aromatic rings. The van der Waals surface area contributed by atoms with Crippen molar-refractivity contribution in [3.05, 3.63) is 36.5 Å². The van der Waals surface area contributed by atoms with Gasteiger partial charge in [0.2, 0.25) is 5.91 Å². The van der Waals surface area contributed by atoms with Gasteiger partial charge in [0.1, 0.15) is 13.2 Å². The largest absolute Gasteiger partial charge is 0.756 e. The van der Waals surface area contributed by atoms with Crippen molar-refractivity contribution in [3.8, 4) is 0 Å². The van der Waals surface area contributed by atoms with Gasteiger partial charge in [-0.05, 0) is 44.9 Å². The number of aliphatic hydroxyl groups excluding tert-OH is 1. The highest BCUT2D eigenvalue weighted by molar-refractivity contribution is 7.45. The van der Waals surface area contributed by atoms with Crippen molar-refractivity contribution in [2.75, 3.05) is 40.9 Å². The minimum atomic E-state index is -4.59. The fourth-order valence-corrected chi connectivity index (χ4v) is 6.61. The first-order valence-electron chi connectivity index (χ1n) is 21.4. The van der Waals surface area contributed by atoms with Gasteiger partial charge < -0.3 is 28.8 Å². The molecule has 0 saturated carbocycles. The van der Waals surface area contributed by atoms with Gasteiger partial charge in [-0.2, -0.15) is 0 Å². The average molecular weight is 755 g/mol. The van der Waals surface area contributed by atoms with Crippen LogP contribution in [0, 0.1) is 0 Å². The molecule has 9 heteroatoms. The zero-order valence-electron chi connectivity index (χ0n) is 34.5. The van der Waals surface area contributed by atoms with Crippen LogP contribution in [-0.4, -0.2) is 68.5 Å². The molecular weight excluding hydrogens is 671 g/mol. The number of quaternary nitrogens is 1. The molecule has 3 atom stereocenters. The molecule has 0 radical (unpaired) electrons. The number of nitrogens with zero attached hydrogens (tertiary/aromatic N) is 1. The zero-order chi connectivity index (χ0) is 38.6. The van der Waals surface area contributed by atoms with Crippen molar-refractivity contribution in [1.29, 1.82) is 0 Å². The molecule has 0 fully saturated rings. The summed E-state index contributed by atoms with van der Waals surface area (Å²) >= 11 is 0. The Balaban J connectivity index is 4.53. The Morgan fingerprint density at radius 1 is 0.654 bits per heavy atom. The molecule has 0 aliphatic carbocycles. The Morgan fingerprint density at radius 2 is 1.08 bits per heavy atom. The number of likely N-dealkylation sites (N-methyl/N-ethyl adjacent to an activating group) is 1. The maximum atomic E-state index is 12.8. The number of phosphoric acid groups is 1. The molecule has 0 aromatic carbocycles. The van der Waals surface area contributed by atoms with Crippen LogP contribution in [0.5, 0.6) is 0 Å². The molecule has 0 saturated heterocycles. The molecule has 0 aromatic heterocycles. The topological polar surface area (TPSA) is 108 Å². The first-order valence-corrected chi connectivity index (χ1v) is 22.8. The van der Waals surface area contributed by atoms with Crippen molar-refractivity contribution in [2.45, 2.75) is 193 Å². The van der Waals surface area contributed by atoms with Crippen molar-refractivity contribution in [3.63, 3.8) is 0 Å². The van der Waals surface area contributed by atoms with Crippen LogP contribution in [-0.2, 0) is 18.4 Å². The number of carbonyl (C=O) groups excluding carboxylic acids is 1. The second-order valence-electron chi connectivity index (χ2n) is 15.7. The number of phosphoric ester groups is 1. The van der Waals surface area contributed by atoms with E-state index in [1.807, 2.05) is 27.2 Å². The third-order valence-corrected chi connectivity index (χ3v) is 10.3. The third kappa shape index (κ3) is 37.1. The van der Waals surface area contributed by atoms with E-state index in [2.05, 4.69) is 43.5 Å². The van der Waals surface area contributed by atoms with Crippen molar-refractivity contribution >= 4 is 13.7 Å². The van der Waals surface area contributed by atoms with E-state index in [9.17, 15) is 19.4 Å². The molecule has 0 spiro atoms. The molecule has 0 rings (SSSR count). The molecular formula is C43H83N2O6P. The van der Waals surface area contributed by atoms with E-state index in [1.165, 1.54) is 116 Å². The van der Waals surface area contributed by atoms with Crippen molar-refractivity contribution in [2.24, 2.45) is 0 Å². The van der Waals surface area contributed by atoms with E-state index in [0.717, 1.165) is 44.9 Å². The number of aliphatic hydroxyl groups is 1. The maximum absolute atomic E-state index is 12.8. The second kappa shape index (κ2) is 35.4. The van der Waals surface area contributed by atoms with Gasteiger partial charge in [-0.15, -0.1) is 0 Å². The lowest BCUT2D eigenvalue weighted by Crippen LogP contribution is -2.45. The first kappa shape index (κ1) is 50.7. The number of hydrogen-bond donors (Lipinski definition) is 2. The van der Waals surface area contributed by atoms with E-state index in [4.69, 9.17) is 9.05 Å². The number of carbonyl (C=O) groups is 1. The SMILES string of the molecule is CCCCCCCCCC/C=C/CC/C=C/CC/C=C/C(O)C(COP(=O)([O-])OCC[N+](C)(C)C)NC(=O)CCCCCCCCCCCCCC. The third-order valence-electron chi connectivity index (χ3n) is 9.33. The van der Waals surface area contributed by atoms with Crippen molar-refractivity contribution in [1.82, 2.24) is 5.32 Å². The highest BCUT2D eigenvalue weighted by atomic mass is 31.2. The molecule has 3 unspecified atom stereocenters. The Bertz CT molecular complexity index is 948. The van der Waals surface area contributed by atoms with Gasteiger partial charge in [-0.25, -0.2) is 0 Å². The van der Waals surface area contributed by atoms with Crippen LogP contribution in [0.1, 0.15) is 181 Å². The Labute approximate surface area is 321 Å². The van der Waals surface area contributed by atoms with Crippen LogP contribution in [0.15, 0.2) is 36.5 Å². The minimum Gasteiger partial charge on any atom is -0.756 e. The number of amides is 1. The summed E-state index contributed by atoms with van der Waals surface area (Å²) < 4.78 is 23.1. The Morgan fingerprint density at radius 3 is 1.56 bits per heavy atom. The summed E-state index contributed by atoms with van der Waals surface area (Å²) in [6.45, 7) is 4.60. The first-order chi connectivity index (χ1) is 25.0. The summed E-state index contributed by atoms with van der Waals surface area (Å²) in [5, 5.41) is 13.7. The summed E-state index contributed by atoms with van der Waals surface area (Å²) in [6, 6.07) is -0.904. The Hall–Kier alpha value is -1.28. The molecule has 52 heavy (non-hydrogen) atoms. The number of hydrogen-bond acceptors (Lipinski definition) is 6. The van der Waals surface area contributed by atoms with Gasteiger partial charge >= 0.3 is 0 Å². The van der Waals surface area contributed by atoms with Crippen LogP contribution in [0.25, 0.3) is 0 Å². The quantitative estimate of drug-likeness (QED) is 0.0281. The molecule has 0 aliphatic heterocycles. The van der Waals surface area contributed by atoms with Gasteiger partial charge in [-0.3, -0.25) is 9.36 Å². The van der Waals surface area contributed by atoms with Crippen LogP contribution in [0.3, 0.4) is 0 Å². The number of unbranched alkanes of at least 4 members (excludes halogenated alkanes) is 21. The van der Waals surface area contributed by atoms with E-state index in [1.54, 1.807) is 6.08 Å². The van der Waals surface area contributed by atoms with Gasteiger partial charge in [0.15, 0.2) is 0 Å². The van der Waals surface area contributed by atoms with Crippen LogP contribution >= 0.6 is 7.82 Å². The van der Waals surface area contributed by atoms with E-state index < -0.39 is 26.6 Å². The fourth-order valence-electron chi connectivity index (χ4n) is 5.89. The average Bonchev–Trinajstić information content (AvgIpc) is 3.09. The van der Waals surface area contributed by atoms with Crippen LogP contribution in [0.4, 0.5) is 0 Å².